The number of fused-ring (bicyclic) bond motifs is 2. The highest BCUT2D eigenvalue weighted by Crippen LogP contribution is 2.28. The fraction of sp³-hybridized carbons (Fsp3) is 0. The molecule has 1 N–H and O–H groups in total. The van der Waals surface area contributed by atoms with Crippen LogP contribution in [-0.4, -0.2) is 15.9 Å². The van der Waals surface area contributed by atoms with Crippen molar-refractivity contribution in [2.24, 2.45) is 0 Å². The largest absolute Gasteiger partial charge is 0.298 e. The van der Waals surface area contributed by atoms with Crippen molar-refractivity contribution in [3.05, 3.63) is 90.2 Å². The molecule has 0 bridgehead atoms. The molecule has 0 atom stereocenters. The summed E-state index contributed by atoms with van der Waals surface area (Å²) in [5.74, 6) is -0.575. The van der Waals surface area contributed by atoms with Gasteiger partial charge in [-0.3, -0.25) is 10.1 Å². The van der Waals surface area contributed by atoms with E-state index >= 15 is 0 Å². The number of amides is 1. The number of para-hydroxylation sites is 2. The number of benzene rings is 3. The molecule has 1 amide bonds. The fourth-order valence-electron chi connectivity index (χ4n) is 3.22. The number of hydrogen-bond acceptors (Lipinski definition) is 4. The smallest absolute Gasteiger partial charge is 0.258 e. The van der Waals surface area contributed by atoms with E-state index in [0.29, 0.717) is 21.9 Å². The average molecular weight is 399 g/mol. The average Bonchev–Trinajstić information content (AvgIpc) is 3.15. The number of rotatable bonds is 3. The molecule has 0 aliphatic carbocycles. The lowest BCUT2D eigenvalue weighted by atomic mass is 10.0. The molecular formula is C23H14FN3OS. The maximum Gasteiger partial charge on any atom is 0.258 e. The van der Waals surface area contributed by atoms with E-state index in [1.165, 1.54) is 23.5 Å². The molecule has 6 heteroatoms. The first-order valence-electron chi connectivity index (χ1n) is 9.00. The molecule has 0 saturated carbocycles. The van der Waals surface area contributed by atoms with Crippen molar-refractivity contribution in [3.8, 4) is 11.3 Å². The summed E-state index contributed by atoms with van der Waals surface area (Å²) >= 11 is 1.43. The lowest BCUT2D eigenvalue weighted by Gasteiger charge is -2.09. The van der Waals surface area contributed by atoms with Gasteiger partial charge in [-0.05, 0) is 48.5 Å². The second-order valence-electron chi connectivity index (χ2n) is 6.52. The van der Waals surface area contributed by atoms with Gasteiger partial charge in [-0.2, -0.15) is 0 Å². The van der Waals surface area contributed by atoms with Gasteiger partial charge in [0.05, 0.1) is 27.0 Å². The fourth-order valence-corrected chi connectivity index (χ4v) is 4.08. The van der Waals surface area contributed by atoms with Crippen molar-refractivity contribution in [1.82, 2.24) is 9.97 Å². The highest BCUT2D eigenvalue weighted by molar-refractivity contribution is 7.22. The third-order valence-electron chi connectivity index (χ3n) is 4.62. The maximum atomic E-state index is 13.3. The molecule has 0 saturated heterocycles. The van der Waals surface area contributed by atoms with Gasteiger partial charge in [-0.25, -0.2) is 14.4 Å². The van der Waals surface area contributed by atoms with Gasteiger partial charge in [-0.1, -0.05) is 41.7 Å². The summed E-state index contributed by atoms with van der Waals surface area (Å²) in [6, 6.07) is 23.0. The minimum Gasteiger partial charge on any atom is -0.298 e. The van der Waals surface area contributed by atoms with Gasteiger partial charge in [0.1, 0.15) is 5.82 Å². The number of hydrogen-bond donors (Lipinski definition) is 1. The summed E-state index contributed by atoms with van der Waals surface area (Å²) in [5.41, 5.74) is 3.39. The molecule has 0 aliphatic rings. The molecule has 0 fully saturated rings. The number of anilines is 1. The quantitative estimate of drug-likeness (QED) is 0.411. The molecule has 0 aliphatic heterocycles. The Hall–Kier alpha value is -3.64. The first-order chi connectivity index (χ1) is 14.2. The standard InChI is InChI=1S/C23H14FN3OS/c24-15-11-9-14(10-12-15)20-13-17(16-5-1-2-6-18(16)25-20)22(28)27-23-26-19-7-3-4-8-21(19)29-23/h1-13H,(H,26,27,28). The van der Waals surface area contributed by atoms with Crippen LogP contribution in [0, 0.1) is 5.82 Å². The Morgan fingerprint density at radius 3 is 2.38 bits per heavy atom. The van der Waals surface area contributed by atoms with Crippen molar-refractivity contribution in [1.29, 1.82) is 0 Å². The normalized spacial score (nSPS) is 11.1. The zero-order valence-corrected chi connectivity index (χ0v) is 15.9. The van der Waals surface area contributed by atoms with Crippen molar-refractivity contribution in [3.63, 3.8) is 0 Å². The molecule has 0 unspecified atom stereocenters. The molecule has 29 heavy (non-hydrogen) atoms. The Morgan fingerprint density at radius 1 is 0.862 bits per heavy atom. The second kappa shape index (κ2) is 7.07. The summed E-state index contributed by atoms with van der Waals surface area (Å²) < 4.78 is 14.3. The third-order valence-corrected chi connectivity index (χ3v) is 5.57. The van der Waals surface area contributed by atoms with E-state index in [9.17, 15) is 9.18 Å². The van der Waals surface area contributed by atoms with Crippen molar-refractivity contribution >= 4 is 43.5 Å². The summed E-state index contributed by atoms with van der Waals surface area (Å²) in [6.45, 7) is 0. The molecule has 2 heterocycles. The van der Waals surface area contributed by atoms with Crippen LogP contribution in [0.15, 0.2) is 78.9 Å². The van der Waals surface area contributed by atoms with Crippen molar-refractivity contribution in [2.45, 2.75) is 0 Å². The van der Waals surface area contributed by atoms with Gasteiger partial charge < -0.3 is 0 Å². The minimum atomic E-state index is -0.316. The SMILES string of the molecule is O=C(Nc1nc2ccccc2s1)c1cc(-c2ccc(F)cc2)nc2ccccc12. The molecule has 0 radical (unpaired) electrons. The Balaban J connectivity index is 1.58. The number of carbonyl (C=O) groups excluding carboxylic acids is 1. The predicted octanol–water partition coefficient (Wildman–Crippen LogP) is 5.90. The zero-order chi connectivity index (χ0) is 19.8. The van der Waals surface area contributed by atoms with Crippen LogP contribution in [0.25, 0.3) is 32.4 Å². The van der Waals surface area contributed by atoms with E-state index in [1.54, 1.807) is 18.2 Å². The molecule has 5 rings (SSSR count). The zero-order valence-electron chi connectivity index (χ0n) is 15.1. The van der Waals surface area contributed by atoms with E-state index in [2.05, 4.69) is 15.3 Å². The van der Waals surface area contributed by atoms with E-state index < -0.39 is 0 Å². The minimum absolute atomic E-state index is 0.258. The number of thiazole rings is 1. The van der Waals surface area contributed by atoms with Gasteiger partial charge >= 0.3 is 0 Å². The first-order valence-corrected chi connectivity index (χ1v) is 9.82. The summed E-state index contributed by atoms with van der Waals surface area (Å²) in [7, 11) is 0. The van der Waals surface area contributed by atoms with Crippen LogP contribution < -0.4 is 5.32 Å². The summed E-state index contributed by atoms with van der Waals surface area (Å²) in [5, 5.41) is 4.20. The molecule has 2 aromatic heterocycles. The van der Waals surface area contributed by atoms with Crippen molar-refractivity contribution in [2.75, 3.05) is 5.32 Å². The van der Waals surface area contributed by atoms with E-state index in [0.717, 1.165) is 21.2 Å². The second-order valence-corrected chi connectivity index (χ2v) is 7.55. The molecule has 5 aromatic rings. The molecule has 140 valence electrons. The van der Waals surface area contributed by atoms with E-state index in [-0.39, 0.29) is 11.7 Å². The Bertz CT molecular complexity index is 1330. The van der Waals surface area contributed by atoms with Crippen LogP contribution in [0.1, 0.15) is 10.4 Å². The monoisotopic (exact) mass is 399 g/mol. The van der Waals surface area contributed by atoms with Gasteiger partial charge in [0.15, 0.2) is 5.13 Å². The number of halogens is 1. The van der Waals surface area contributed by atoms with Crippen molar-refractivity contribution < 1.29 is 9.18 Å². The number of carbonyl (C=O) groups is 1. The third kappa shape index (κ3) is 3.34. The van der Waals surface area contributed by atoms with Gasteiger partial charge in [0, 0.05) is 10.9 Å². The van der Waals surface area contributed by atoms with Crippen LogP contribution in [0.3, 0.4) is 0 Å². The van der Waals surface area contributed by atoms with Gasteiger partial charge in [0.2, 0.25) is 0 Å². The Labute approximate surface area is 169 Å². The lowest BCUT2D eigenvalue weighted by Crippen LogP contribution is -2.13. The summed E-state index contributed by atoms with van der Waals surface area (Å²) in [6.07, 6.45) is 0. The van der Waals surface area contributed by atoms with Crippen LogP contribution in [0.4, 0.5) is 9.52 Å². The first kappa shape index (κ1) is 17.5. The predicted molar refractivity (Wildman–Crippen MR) is 115 cm³/mol. The molecule has 3 aromatic carbocycles. The van der Waals surface area contributed by atoms with Crippen LogP contribution in [0.2, 0.25) is 0 Å². The maximum absolute atomic E-state index is 13.3. The van der Waals surface area contributed by atoms with E-state index in [1.807, 2.05) is 48.5 Å². The number of pyridine rings is 1. The van der Waals surface area contributed by atoms with Crippen LogP contribution in [-0.2, 0) is 0 Å². The highest BCUT2D eigenvalue weighted by Gasteiger charge is 2.16. The number of nitrogens with one attached hydrogen (secondary N) is 1. The summed E-state index contributed by atoms with van der Waals surface area (Å²) in [4.78, 5) is 22.2. The van der Waals surface area contributed by atoms with Crippen LogP contribution >= 0.6 is 11.3 Å². The van der Waals surface area contributed by atoms with Gasteiger partial charge in [0.25, 0.3) is 5.91 Å². The highest BCUT2D eigenvalue weighted by atomic mass is 32.1. The Kier molecular flexibility index (Phi) is 4.26. The van der Waals surface area contributed by atoms with Gasteiger partial charge in [-0.15, -0.1) is 0 Å². The molecule has 0 spiro atoms. The number of nitrogens with zero attached hydrogens (tertiary/aromatic N) is 2. The van der Waals surface area contributed by atoms with Crippen LogP contribution in [0.5, 0.6) is 0 Å². The number of aromatic nitrogens is 2. The topological polar surface area (TPSA) is 54.9 Å². The lowest BCUT2D eigenvalue weighted by molar-refractivity contribution is 0.102. The molecule has 4 nitrogen and oxygen atoms in total. The Morgan fingerprint density at radius 2 is 1.59 bits per heavy atom. The molecular weight excluding hydrogens is 385 g/mol. The van der Waals surface area contributed by atoms with E-state index in [4.69, 9.17) is 0 Å².